The molecule has 1 aliphatic heterocycles. The zero-order valence-electron chi connectivity index (χ0n) is 12.5. The van der Waals surface area contributed by atoms with Gasteiger partial charge in [-0.05, 0) is 31.1 Å². The largest absolute Gasteiger partial charge is 0.411 e. The lowest BCUT2D eigenvalue weighted by atomic mass is 9.97. The van der Waals surface area contributed by atoms with E-state index in [1.165, 1.54) is 0 Å². The summed E-state index contributed by atoms with van der Waals surface area (Å²) in [5.41, 5.74) is -0.641. The van der Waals surface area contributed by atoms with E-state index < -0.39 is 13.9 Å². The number of nitrogens with zero attached hydrogens (tertiary/aromatic N) is 1. The molecular formula is C14H23NO3Si. The van der Waals surface area contributed by atoms with Gasteiger partial charge in [-0.3, -0.25) is 0 Å². The Hall–Kier alpha value is -0.673. The van der Waals surface area contributed by atoms with Crippen LogP contribution >= 0.6 is 0 Å². The van der Waals surface area contributed by atoms with Gasteiger partial charge in [0.1, 0.15) is 17.8 Å². The van der Waals surface area contributed by atoms with Crippen LogP contribution in [0.1, 0.15) is 27.7 Å². The fourth-order valence-corrected chi connectivity index (χ4v) is 3.67. The van der Waals surface area contributed by atoms with E-state index in [9.17, 15) is 5.11 Å². The Kier molecular flexibility index (Phi) is 3.22. The summed E-state index contributed by atoms with van der Waals surface area (Å²) in [5, 5.41) is 10.8. The van der Waals surface area contributed by atoms with Crippen LogP contribution in [0.2, 0.25) is 18.1 Å². The molecular weight excluding hydrogens is 258 g/mol. The summed E-state index contributed by atoms with van der Waals surface area (Å²) in [7, 11) is -1.95. The molecule has 1 fully saturated rings. The van der Waals surface area contributed by atoms with Crippen molar-refractivity contribution in [1.82, 2.24) is 0 Å². The maximum Gasteiger partial charge on any atom is 0.195 e. The number of epoxide rings is 1. The van der Waals surface area contributed by atoms with Crippen molar-refractivity contribution in [3.63, 3.8) is 0 Å². The summed E-state index contributed by atoms with van der Waals surface area (Å²) in [4.78, 5) is 3.42. The molecule has 0 aromatic rings. The van der Waals surface area contributed by atoms with Crippen molar-refractivity contribution in [2.75, 3.05) is 0 Å². The van der Waals surface area contributed by atoms with Gasteiger partial charge < -0.3 is 14.3 Å². The average Bonchev–Trinajstić information content (AvgIpc) is 2.99. The van der Waals surface area contributed by atoms with Crippen molar-refractivity contribution in [1.29, 1.82) is 0 Å². The monoisotopic (exact) mass is 281 g/mol. The molecule has 1 saturated heterocycles. The summed E-state index contributed by atoms with van der Waals surface area (Å²) < 4.78 is 11.6. The topological polar surface area (TPSA) is 46.4 Å². The van der Waals surface area contributed by atoms with Crippen LogP contribution in [0.15, 0.2) is 11.8 Å². The van der Waals surface area contributed by atoms with Crippen LogP contribution in [-0.4, -0.2) is 37.3 Å². The minimum atomic E-state index is -1.95. The van der Waals surface area contributed by atoms with E-state index in [-0.39, 0.29) is 23.4 Å². The normalized spacial score (nSPS) is 35.4. The summed E-state index contributed by atoms with van der Waals surface area (Å²) in [6.07, 6.45) is 0.767. The molecule has 0 spiro atoms. The second-order valence-electron chi connectivity index (χ2n) is 7.07. The molecule has 1 N–H and O–H groups in total. The van der Waals surface area contributed by atoms with Gasteiger partial charge in [0.25, 0.3) is 0 Å². The third-order valence-corrected chi connectivity index (χ3v) is 9.23. The van der Waals surface area contributed by atoms with Crippen LogP contribution < -0.4 is 0 Å². The van der Waals surface area contributed by atoms with Crippen molar-refractivity contribution < 1.29 is 14.3 Å². The molecule has 2 rings (SSSR count). The van der Waals surface area contributed by atoms with E-state index in [0.29, 0.717) is 5.70 Å². The number of aliphatic hydroxyl groups is 1. The maximum atomic E-state index is 10.8. The number of fused-ring (bicyclic) bond motifs is 1. The first-order valence-corrected chi connectivity index (χ1v) is 9.59. The molecule has 1 aliphatic carbocycles. The van der Waals surface area contributed by atoms with Gasteiger partial charge in [0.2, 0.25) is 0 Å². The number of ether oxygens (including phenoxy) is 1. The Morgan fingerprint density at radius 1 is 1.53 bits per heavy atom. The van der Waals surface area contributed by atoms with Gasteiger partial charge >= 0.3 is 0 Å². The van der Waals surface area contributed by atoms with Crippen molar-refractivity contribution in [3.8, 4) is 0 Å². The van der Waals surface area contributed by atoms with E-state index in [1.54, 1.807) is 6.08 Å². The first-order valence-electron chi connectivity index (χ1n) is 6.69. The summed E-state index contributed by atoms with van der Waals surface area (Å²) in [5.74, 6) is 0. The molecule has 5 heteroatoms. The molecule has 0 saturated carbocycles. The van der Waals surface area contributed by atoms with E-state index in [1.807, 2.05) is 6.92 Å². The average molecular weight is 281 g/mol. The van der Waals surface area contributed by atoms with Crippen LogP contribution in [0.25, 0.3) is 4.85 Å². The molecule has 106 valence electrons. The lowest BCUT2D eigenvalue weighted by Crippen LogP contribution is -2.52. The van der Waals surface area contributed by atoms with Crippen molar-refractivity contribution in [2.24, 2.45) is 0 Å². The van der Waals surface area contributed by atoms with Crippen LogP contribution in [0, 0.1) is 6.57 Å². The fraction of sp³-hybridized carbons (Fsp3) is 0.786. The van der Waals surface area contributed by atoms with Crippen LogP contribution in [0.5, 0.6) is 0 Å². The third kappa shape index (κ3) is 2.27. The molecule has 0 amide bonds. The van der Waals surface area contributed by atoms with Crippen LogP contribution in [0.4, 0.5) is 0 Å². The number of rotatable bonds is 3. The Labute approximate surface area is 116 Å². The van der Waals surface area contributed by atoms with Gasteiger partial charge in [0.15, 0.2) is 14.0 Å². The molecule has 0 aromatic carbocycles. The summed E-state index contributed by atoms with van der Waals surface area (Å²) in [6.45, 7) is 19.8. The van der Waals surface area contributed by atoms with E-state index in [0.717, 1.165) is 0 Å². The first kappa shape index (κ1) is 14.7. The van der Waals surface area contributed by atoms with Gasteiger partial charge in [-0.2, -0.15) is 0 Å². The van der Waals surface area contributed by atoms with Gasteiger partial charge in [-0.1, -0.05) is 20.8 Å². The first-order chi connectivity index (χ1) is 8.53. The second kappa shape index (κ2) is 4.16. The summed E-state index contributed by atoms with van der Waals surface area (Å²) >= 11 is 0. The Morgan fingerprint density at radius 3 is 2.53 bits per heavy atom. The fourth-order valence-electron chi connectivity index (χ4n) is 2.25. The van der Waals surface area contributed by atoms with Crippen LogP contribution in [-0.2, 0) is 9.16 Å². The molecule has 1 heterocycles. The van der Waals surface area contributed by atoms with E-state index in [4.69, 9.17) is 15.7 Å². The molecule has 19 heavy (non-hydrogen) atoms. The lowest BCUT2D eigenvalue weighted by Gasteiger charge is -2.42. The molecule has 2 aliphatic rings. The van der Waals surface area contributed by atoms with Gasteiger partial charge in [-0.25, -0.2) is 4.85 Å². The zero-order chi connectivity index (χ0) is 14.6. The molecule has 0 radical (unpaired) electrons. The Balaban J connectivity index is 2.16. The summed E-state index contributed by atoms with van der Waals surface area (Å²) in [6, 6.07) is 0. The Morgan fingerprint density at radius 2 is 2.11 bits per heavy atom. The van der Waals surface area contributed by atoms with E-state index >= 15 is 0 Å². The minimum absolute atomic E-state index is 0.0897. The number of hydrogen-bond donors (Lipinski definition) is 1. The Bertz CT molecular complexity index is 460. The molecule has 0 bridgehead atoms. The number of hydrogen-bond acceptors (Lipinski definition) is 3. The highest BCUT2D eigenvalue weighted by molar-refractivity contribution is 6.74. The predicted molar refractivity (Wildman–Crippen MR) is 76.0 cm³/mol. The van der Waals surface area contributed by atoms with Gasteiger partial charge in [-0.15, -0.1) is 0 Å². The molecule has 4 nitrogen and oxygen atoms in total. The smallest absolute Gasteiger partial charge is 0.195 e. The second-order valence-corrected chi connectivity index (χ2v) is 11.8. The highest BCUT2D eigenvalue weighted by Crippen LogP contribution is 2.49. The van der Waals surface area contributed by atoms with Gasteiger partial charge in [0.05, 0.1) is 12.7 Å². The van der Waals surface area contributed by atoms with Crippen molar-refractivity contribution in [3.05, 3.63) is 23.2 Å². The highest BCUT2D eigenvalue weighted by Gasteiger charge is 2.63. The zero-order valence-corrected chi connectivity index (χ0v) is 13.5. The van der Waals surface area contributed by atoms with Crippen LogP contribution in [0.3, 0.4) is 0 Å². The maximum absolute atomic E-state index is 10.8. The molecule has 4 atom stereocenters. The molecule has 0 unspecified atom stereocenters. The minimum Gasteiger partial charge on any atom is -0.411 e. The van der Waals surface area contributed by atoms with E-state index in [2.05, 4.69) is 38.7 Å². The van der Waals surface area contributed by atoms with Crippen molar-refractivity contribution >= 4 is 8.32 Å². The standard InChI is InChI=1S/C14H23NO3Si/c1-9(18-19(6,7)13(2,3)4)14(16)8-10(15-5)11-12(14)17-11/h8-9,11-12,16H,1-4,6-7H3/t9-,11+,12+,14+/m0/s1. The predicted octanol–water partition coefficient (Wildman–Crippen LogP) is 2.71. The quantitative estimate of drug-likeness (QED) is 0.491. The third-order valence-electron chi connectivity index (χ3n) is 4.68. The molecule has 0 aromatic heterocycles. The SMILES string of the molecule is [C-]#[N+]C1=C[C@@](O)([C@H](C)O[Si](C)(C)C(C)(C)C)[C@@H]2O[C@H]12. The van der Waals surface area contributed by atoms with Crippen molar-refractivity contribution in [2.45, 2.75) is 69.7 Å². The highest BCUT2D eigenvalue weighted by atomic mass is 28.4. The van der Waals surface area contributed by atoms with Gasteiger partial charge in [0, 0.05) is 0 Å². The lowest BCUT2D eigenvalue weighted by molar-refractivity contribution is -0.0397.